The number of carbonyl (C=O) groups excluding carboxylic acids is 1. The molecule has 1 radical (unpaired) electrons. The summed E-state index contributed by atoms with van der Waals surface area (Å²) < 4.78 is 4.47. The molecule has 3 nitrogen and oxygen atoms in total. The Hall–Kier alpha value is -1.09. The molecule has 0 atom stereocenters. The summed E-state index contributed by atoms with van der Waals surface area (Å²) in [6, 6.07) is 1.63. The minimum Gasteiger partial charge on any atom is -0.469 e. The molecule has 0 aromatic carbocycles. The highest BCUT2D eigenvalue weighted by atomic mass is 35.5. The van der Waals surface area contributed by atoms with E-state index in [1.54, 1.807) is 6.07 Å². The van der Waals surface area contributed by atoms with E-state index in [1.165, 1.54) is 13.3 Å². The van der Waals surface area contributed by atoms with E-state index in [2.05, 4.69) is 15.9 Å². The van der Waals surface area contributed by atoms with E-state index < -0.39 is 0 Å². The SMILES string of the molecule is COC(=O)Cc1cn[c]c(Cl)c1. The third-order valence-corrected chi connectivity index (χ3v) is 1.48. The number of nitrogens with zero attached hydrogens (tertiary/aromatic N) is 1. The van der Waals surface area contributed by atoms with Gasteiger partial charge in [-0.05, 0) is 11.6 Å². The molecule has 0 N–H and O–H groups in total. The highest BCUT2D eigenvalue weighted by molar-refractivity contribution is 6.30. The van der Waals surface area contributed by atoms with Crippen molar-refractivity contribution in [2.45, 2.75) is 6.42 Å². The third-order valence-electron chi connectivity index (χ3n) is 1.29. The number of methoxy groups -OCH3 is 1. The summed E-state index contributed by atoms with van der Waals surface area (Å²) >= 11 is 5.60. The molecule has 0 unspecified atom stereocenters. The Kier molecular flexibility index (Phi) is 3.05. The average molecular weight is 185 g/mol. The highest BCUT2D eigenvalue weighted by Gasteiger charge is 2.02. The Morgan fingerprint density at radius 3 is 3.17 bits per heavy atom. The first kappa shape index (κ1) is 9.00. The summed E-state index contributed by atoms with van der Waals surface area (Å²) in [4.78, 5) is 14.5. The van der Waals surface area contributed by atoms with Gasteiger partial charge >= 0.3 is 5.97 Å². The predicted molar refractivity (Wildman–Crippen MR) is 43.8 cm³/mol. The van der Waals surface area contributed by atoms with E-state index in [0.717, 1.165) is 5.56 Å². The summed E-state index contributed by atoms with van der Waals surface area (Å²) in [5, 5.41) is 0.399. The molecule has 0 aliphatic carbocycles. The largest absolute Gasteiger partial charge is 0.469 e. The predicted octanol–water partition coefficient (Wildman–Crippen LogP) is 1.25. The molecular weight excluding hydrogens is 178 g/mol. The Labute approximate surface area is 75.3 Å². The van der Waals surface area contributed by atoms with E-state index in [1.807, 2.05) is 0 Å². The van der Waals surface area contributed by atoms with Gasteiger partial charge in [0, 0.05) is 6.20 Å². The van der Waals surface area contributed by atoms with Crippen molar-refractivity contribution in [3.8, 4) is 0 Å². The molecular formula is C8H7ClNO2. The lowest BCUT2D eigenvalue weighted by molar-refractivity contribution is -0.139. The molecule has 0 fully saturated rings. The van der Waals surface area contributed by atoms with Gasteiger partial charge in [0.25, 0.3) is 0 Å². The topological polar surface area (TPSA) is 39.2 Å². The molecule has 0 saturated heterocycles. The van der Waals surface area contributed by atoms with Gasteiger partial charge in [-0.15, -0.1) is 0 Å². The first-order valence-corrected chi connectivity index (χ1v) is 3.69. The Morgan fingerprint density at radius 2 is 2.58 bits per heavy atom. The van der Waals surface area contributed by atoms with Crippen LogP contribution in [0.2, 0.25) is 5.02 Å². The molecule has 0 bridgehead atoms. The maximum atomic E-state index is 10.8. The fourth-order valence-electron chi connectivity index (χ4n) is 0.745. The lowest BCUT2D eigenvalue weighted by Crippen LogP contribution is -2.04. The number of pyridine rings is 1. The van der Waals surface area contributed by atoms with Gasteiger partial charge in [0.2, 0.25) is 0 Å². The van der Waals surface area contributed by atoms with Crippen molar-refractivity contribution in [3.63, 3.8) is 0 Å². The van der Waals surface area contributed by atoms with Gasteiger partial charge in [-0.2, -0.15) is 0 Å². The fourth-order valence-corrected chi connectivity index (χ4v) is 0.934. The molecule has 4 heteroatoms. The van der Waals surface area contributed by atoms with E-state index in [0.29, 0.717) is 5.02 Å². The normalized spacial score (nSPS) is 9.50. The quantitative estimate of drug-likeness (QED) is 0.650. The Morgan fingerprint density at radius 1 is 1.83 bits per heavy atom. The van der Waals surface area contributed by atoms with Crippen LogP contribution in [0.3, 0.4) is 0 Å². The van der Waals surface area contributed by atoms with Crippen molar-refractivity contribution < 1.29 is 9.53 Å². The smallest absolute Gasteiger partial charge is 0.310 e. The Balaban J connectivity index is 2.69. The Bertz CT molecular complexity index is 288. The number of ether oxygens (including phenoxy) is 1. The van der Waals surface area contributed by atoms with Crippen LogP contribution in [-0.4, -0.2) is 18.1 Å². The van der Waals surface area contributed by atoms with Gasteiger partial charge in [-0.3, -0.25) is 9.78 Å². The van der Waals surface area contributed by atoms with Crippen molar-refractivity contribution in [2.24, 2.45) is 0 Å². The van der Waals surface area contributed by atoms with E-state index in [9.17, 15) is 4.79 Å². The van der Waals surface area contributed by atoms with Crippen molar-refractivity contribution in [3.05, 3.63) is 29.0 Å². The van der Waals surface area contributed by atoms with E-state index >= 15 is 0 Å². The summed E-state index contributed by atoms with van der Waals surface area (Å²) in [6.45, 7) is 0. The van der Waals surface area contributed by atoms with Crippen LogP contribution >= 0.6 is 11.6 Å². The number of hydrogen-bond acceptors (Lipinski definition) is 3. The molecule has 63 valence electrons. The second-order valence-corrected chi connectivity index (χ2v) is 2.60. The average Bonchev–Trinajstić information content (AvgIpc) is 2.04. The molecule has 1 rings (SSSR count). The summed E-state index contributed by atoms with van der Waals surface area (Å²) in [7, 11) is 1.34. The minimum atomic E-state index is -0.306. The zero-order valence-corrected chi connectivity index (χ0v) is 7.26. The third kappa shape index (κ3) is 2.51. The van der Waals surface area contributed by atoms with Crippen molar-refractivity contribution in [2.75, 3.05) is 7.11 Å². The number of rotatable bonds is 2. The van der Waals surface area contributed by atoms with Crippen LogP contribution in [0.15, 0.2) is 12.3 Å². The molecule has 0 saturated carbocycles. The van der Waals surface area contributed by atoms with Crippen molar-refractivity contribution in [1.82, 2.24) is 4.98 Å². The lowest BCUT2D eigenvalue weighted by atomic mass is 10.2. The van der Waals surface area contributed by atoms with Crippen LogP contribution in [0, 0.1) is 6.20 Å². The van der Waals surface area contributed by atoms with Gasteiger partial charge in [-0.1, -0.05) is 11.6 Å². The first-order chi connectivity index (χ1) is 5.72. The molecule has 12 heavy (non-hydrogen) atoms. The van der Waals surface area contributed by atoms with Crippen molar-refractivity contribution in [1.29, 1.82) is 0 Å². The number of halogens is 1. The molecule has 0 aliphatic heterocycles. The van der Waals surface area contributed by atoms with Gasteiger partial charge in [-0.25, -0.2) is 0 Å². The summed E-state index contributed by atoms with van der Waals surface area (Å²) in [6.07, 6.45) is 4.25. The van der Waals surface area contributed by atoms with E-state index in [-0.39, 0.29) is 12.4 Å². The van der Waals surface area contributed by atoms with Crippen LogP contribution in [0.1, 0.15) is 5.56 Å². The van der Waals surface area contributed by atoms with Crippen LogP contribution in [0.5, 0.6) is 0 Å². The van der Waals surface area contributed by atoms with Gasteiger partial charge in [0.05, 0.1) is 18.6 Å². The molecule has 1 aromatic heterocycles. The molecule has 0 spiro atoms. The van der Waals surface area contributed by atoms with Crippen LogP contribution in [-0.2, 0) is 16.0 Å². The number of hydrogen-bond donors (Lipinski definition) is 0. The zero-order valence-electron chi connectivity index (χ0n) is 6.50. The standard InChI is InChI=1S/C8H7ClNO2/c1-12-8(11)3-6-2-7(9)5-10-4-6/h2,4H,3H2,1H3. The summed E-state index contributed by atoms with van der Waals surface area (Å²) in [5.41, 5.74) is 0.727. The summed E-state index contributed by atoms with van der Waals surface area (Å²) in [5.74, 6) is -0.306. The van der Waals surface area contributed by atoms with E-state index in [4.69, 9.17) is 11.6 Å². The molecule has 0 amide bonds. The zero-order chi connectivity index (χ0) is 8.97. The lowest BCUT2D eigenvalue weighted by Gasteiger charge is -1.98. The monoisotopic (exact) mass is 184 g/mol. The second kappa shape index (κ2) is 4.07. The number of esters is 1. The van der Waals surface area contributed by atoms with Crippen LogP contribution in [0.4, 0.5) is 0 Å². The first-order valence-electron chi connectivity index (χ1n) is 3.31. The van der Waals surface area contributed by atoms with Crippen LogP contribution in [0.25, 0.3) is 0 Å². The highest BCUT2D eigenvalue weighted by Crippen LogP contribution is 2.08. The second-order valence-electron chi connectivity index (χ2n) is 2.19. The maximum Gasteiger partial charge on any atom is 0.310 e. The van der Waals surface area contributed by atoms with Crippen molar-refractivity contribution >= 4 is 17.6 Å². The molecule has 1 heterocycles. The van der Waals surface area contributed by atoms with Gasteiger partial charge < -0.3 is 4.74 Å². The number of carbonyl (C=O) groups is 1. The maximum absolute atomic E-state index is 10.8. The number of aromatic nitrogens is 1. The van der Waals surface area contributed by atoms with Crippen LogP contribution < -0.4 is 0 Å². The molecule has 1 aromatic rings. The molecule has 0 aliphatic rings. The van der Waals surface area contributed by atoms with Gasteiger partial charge in [0.15, 0.2) is 0 Å². The fraction of sp³-hybridized carbons (Fsp3) is 0.250. The minimum absolute atomic E-state index is 0.192. The van der Waals surface area contributed by atoms with Gasteiger partial charge in [0.1, 0.15) is 6.20 Å².